The second kappa shape index (κ2) is 6.18. The summed E-state index contributed by atoms with van der Waals surface area (Å²) >= 11 is 0. The lowest BCUT2D eigenvalue weighted by atomic mass is 10.1. The lowest BCUT2D eigenvalue weighted by molar-refractivity contribution is -0.136. The zero-order valence-electron chi connectivity index (χ0n) is 12.6. The molecule has 0 unspecified atom stereocenters. The first-order valence-corrected chi connectivity index (χ1v) is 7.40. The van der Waals surface area contributed by atoms with Gasteiger partial charge in [0.2, 0.25) is 0 Å². The van der Waals surface area contributed by atoms with Crippen molar-refractivity contribution < 1.29 is 27.1 Å². The molecular weight excluding hydrogens is 327 g/mol. The molecule has 0 N–H and O–H groups in total. The van der Waals surface area contributed by atoms with Crippen LogP contribution in [-0.2, 0) is 11.0 Å². The summed E-state index contributed by atoms with van der Waals surface area (Å²) in [5.41, 5.74) is -2.39. The van der Waals surface area contributed by atoms with Crippen LogP contribution in [0.25, 0.3) is 11.0 Å². The molecule has 0 aliphatic carbocycles. The maximum absolute atomic E-state index is 13.0. The molecule has 3 rings (SSSR count). The summed E-state index contributed by atoms with van der Waals surface area (Å²) in [6.45, 7) is 1.15. The van der Waals surface area contributed by atoms with Crippen molar-refractivity contribution in [2.75, 3.05) is 19.7 Å². The highest BCUT2D eigenvalue weighted by molar-refractivity contribution is 5.82. The Kier molecular flexibility index (Phi) is 4.21. The molecular formula is C16H14F3NO4. The molecule has 1 aliphatic heterocycles. The van der Waals surface area contributed by atoms with E-state index < -0.39 is 17.4 Å². The highest BCUT2D eigenvalue weighted by Gasteiger charge is 2.33. The average molecular weight is 341 g/mol. The van der Waals surface area contributed by atoms with E-state index in [1.807, 2.05) is 0 Å². The van der Waals surface area contributed by atoms with Gasteiger partial charge in [0.1, 0.15) is 11.3 Å². The normalized spacial score (nSPS) is 15.0. The van der Waals surface area contributed by atoms with Crippen molar-refractivity contribution in [1.29, 1.82) is 0 Å². The van der Waals surface area contributed by atoms with Gasteiger partial charge in [0, 0.05) is 30.6 Å². The van der Waals surface area contributed by atoms with Crippen LogP contribution in [0.2, 0.25) is 0 Å². The lowest BCUT2D eigenvalue weighted by Crippen LogP contribution is -2.32. The Bertz CT molecular complexity index is 822. The molecule has 1 saturated heterocycles. The van der Waals surface area contributed by atoms with Gasteiger partial charge in [-0.3, -0.25) is 4.79 Å². The first kappa shape index (κ1) is 16.4. The topological polar surface area (TPSA) is 59.8 Å². The Morgan fingerprint density at radius 2 is 1.92 bits per heavy atom. The van der Waals surface area contributed by atoms with Gasteiger partial charge in [-0.1, -0.05) is 0 Å². The minimum Gasteiger partial charge on any atom is -0.484 e. The van der Waals surface area contributed by atoms with Gasteiger partial charge in [-0.05, 0) is 25.0 Å². The van der Waals surface area contributed by atoms with Gasteiger partial charge in [0.25, 0.3) is 5.91 Å². The quantitative estimate of drug-likeness (QED) is 0.806. The fourth-order valence-corrected chi connectivity index (χ4v) is 2.67. The fraction of sp³-hybridized carbons (Fsp3) is 0.375. The SMILES string of the molecule is O=C(COc1ccc2c(C(F)(F)F)cc(=O)oc2c1)N1CCCC1. The molecule has 1 aromatic carbocycles. The minimum absolute atomic E-state index is 0.164. The van der Waals surface area contributed by atoms with E-state index in [0.717, 1.165) is 18.9 Å². The van der Waals surface area contributed by atoms with Gasteiger partial charge in [-0.2, -0.15) is 13.2 Å². The first-order chi connectivity index (χ1) is 11.3. The molecule has 1 aromatic heterocycles. The van der Waals surface area contributed by atoms with Crippen LogP contribution in [0.1, 0.15) is 18.4 Å². The van der Waals surface area contributed by atoms with E-state index in [1.54, 1.807) is 4.90 Å². The number of carbonyl (C=O) groups excluding carboxylic acids is 1. The third-order valence-electron chi connectivity index (χ3n) is 3.84. The predicted molar refractivity (Wildman–Crippen MR) is 78.8 cm³/mol. The number of hydrogen-bond acceptors (Lipinski definition) is 4. The summed E-state index contributed by atoms with van der Waals surface area (Å²) in [6.07, 6.45) is -2.76. The van der Waals surface area contributed by atoms with Crippen molar-refractivity contribution in [2.45, 2.75) is 19.0 Å². The summed E-state index contributed by atoms with van der Waals surface area (Å²) < 4.78 is 49.0. The second-order valence-electron chi connectivity index (χ2n) is 5.51. The molecule has 1 amide bonds. The molecule has 5 nitrogen and oxygen atoms in total. The molecule has 2 heterocycles. The van der Waals surface area contributed by atoms with Crippen molar-refractivity contribution >= 4 is 16.9 Å². The van der Waals surface area contributed by atoms with Crippen molar-refractivity contribution in [3.8, 4) is 5.75 Å². The fourth-order valence-electron chi connectivity index (χ4n) is 2.67. The van der Waals surface area contributed by atoms with Crippen LogP contribution in [0.3, 0.4) is 0 Å². The Labute approximate surface area is 134 Å². The van der Waals surface area contributed by atoms with Crippen LogP contribution in [0.5, 0.6) is 5.75 Å². The second-order valence-corrected chi connectivity index (χ2v) is 5.51. The number of carbonyl (C=O) groups is 1. The van der Waals surface area contributed by atoms with E-state index in [1.165, 1.54) is 12.1 Å². The monoisotopic (exact) mass is 341 g/mol. The van der Waals surface area contributed by atoms with E-state index in [0.29, 0.717) is 19.2 Å². The molecule has 0 bridgehead atoms. The van der Waals surface area contributed by atoms with Crippen molar-refractivity contribution in [3.05, 3.63) is 40.2 Å². The van der Waals surface area contributed by atoms with Crippen LogP contribution in [-0.4, -0.2) is 30.5 Å². The molecule has 0 radical (unpaired) electrons. The average Bonchev–Trinajstić information content (AvgIpc) is 3.05. The van der Waals surface area contributed by atoms with Crippen LogP contribution in [0, 0.1) is 0 Å². The molecule has 0 spiro atoms. The number of halogens is 3. The van der Waals surface area contributed by atoms with E-state index >= 15 is 0 Å². The molecule has 128 valence electrons. The number of hydrogen-bond donors (Lipinski definition) is 0. The maximum atomic E-state index is 13.0. The molecule has 1 aliphatic rings. The highest BCUT2D eigenvalue weighted by Crippen LogP contribution is 2.34. The number of amides is 1. The Morgan fingerprint density at radius 3 is 2.58 bits per heavy atom. The Hall–Kier alpha value is -2.51. The number of likely N-dealkylation sites (tertiary alicyclic amines) is 1. The maximum Gasteiger partial charge on any atom is 0.417 e. The third kappa shape index (κ3) is 3.37. The number of ether oxygens (including phenoxy) is 1. The first-order valence-electron chi connectivity index (χ1n) is 7.40. The van der Waals surface area contributed by atoms with E-state index in [2.05, 4.69) is 0 Å². The Balaban J connectivity index is 1.83. The van der Waals surface area contributed by atoms with E-state index in [9.17, 15) is 22.8 Å². The standard InChI is InChI=1S/C16H14F3NO4/c17-16(18,19)12-8-15(22)24-13-7-10(3-4-11(12)13)23-9-14(21)20-5-1-2-6-20/h3-4,7-8H,1-2,5-6,9H2. The van der Waals surface area contributed by atoms with Gasteiger partial charge in [0.15, 0.2) is 6.61 Å². The third-order valence-corrected chi connectivity index (χ3v) is 3.84. The van der Waals surface area contributed by atoms with Crippen LogP contribution >= 0.6 is 0 Å². The number of rotatable bonds is 3. The smallest absolute Gasteiger partial charge is 0.417 e. The zero-order valence-corrected chi connectivity index (χ0v) is 12.6. The van der Waals surface area contributed by atoms with Crippen molar-refractivity contribution in [1.82, 2.24) is 4.90 Å². The molecule has 1 fully saturated rings. The number of alkyl halides is 3. The largest absolute Gasteiger partial charge is 0.484 e. The van der Waals surface area contributed by atoms with Crippen molar-refractivity contribution in [2.24, 2.45) is 0 Å². The number of nitrogens with zero attached hydrogens (tertiary/aromatic N) is 1. The predicted octanol–water partition coefficient (Wildman–Crippen LogP) is 2.81. The molecule has 0 atom stereocenters. The number of benzene rings is 1. The zero-order chi connectivity index (χ0) is 17.3. The summed E-state index contributed by atoms with van der Waals surface area (Å²) in [4.78, 5) is 24.9. The van der Waals surface area contributed by atoms with E-state index in [-0.39, 0.29) is 29.2 Å². The summed E-state index contributed by atoms with van der Waals surface area (Å²) in [6, 6.07) is 4.08. The van der Waals surface area contributed by atoms with Crippen LogP contribution < -0.4 is 10.4 Å². The highest BCUT2D eigenvalue weighted by atomic mass is 19.4. The summed E-state index contributed by atoms with van der Waals surface area (Å²) in [5, 5.41) is -0.236. The van der Waals surface area contributed by atoms with Crippen LogP contribution in [0.4, 0.5) is 13.2 Å². The van der Waals surface area contributed by atoms with Gasteiger partial charge in [0.05, 0.1) is 5.56 Å². The summed E-state index contributed by atoms with van der Waals surface area (Å²) in [5.74, 6) is -0.0180. The minimum atomic E-state index is -4.66. The molecule has 2 aromatic rings. The summed E-state index contributed by atoms with van der Waals surface area (Å²) in [7, 11) is 0. The van der Waals surface area contributed by atoms with Gasteiger partial charge in [-0.25, -0.2) is 4.79 Å². The lowest BCUT2D eigenvalue weighted by Gasteiger charge is -2.15. The molecule has 0 saturated carbocycles. The number of fused-ring (bicyclic) bond motifs is 1. The van der Waals surface area contributed by atoms with Crippen LogP contribution in [0.15, 0.2) is 33.5 Å². The van der Waals surface area contributed by atoms with Gasteiger partial charge < -0.3 is 14.1 Å². The van der Waals surface area contributed by atoms with Crippen molar-refractivity contribution in [3.63, 3.8) is 0 Å². The van der Waals surface area contributed by atoms with Gasteiger partial charge in [-0.15, -0.1) is 0 Å². The van der Waals surface area contributed by atoms with Gasteiger partial charge >= 0.3 is 11.8 Å². The molecule has 8 heteroatoms. The Morgan fingerprint density at radius 1 is 1.21 bits per heavy atom. The van der Waals surface area contributed by atoms with E-state index in [4.69, 9.17) is 9.15 Å². The molecule has 24 heavy (non-hydrogen) atoms.